The predicted molar refractivity (Wildman–Crippen MR) is 86.0 cm³/mol. The molecule has 7 heteroatoms. The van der Waals surface area contributed by atoms with E-state index in [-0.39, 0.29) is 24.3 Å². The highest BCUT2D eigenvalue weighted by Gasteiger charge is 2.09. The summed E-state index contributed by atoms with van der Waals surface area (Å²) in [7, 11) is 0. The minimum absolute atomic E-state index is 0.124. The summed E-state index contributed by atoms with van der Waals surface area (Å²) in [5, 5.41) is 9.62. The Labute approximate surface area is 131 Å². The molecule has 0 fully saturated rings. The summed E-state index contributed by atoms with van der Waals surface area (Å²) < 4.78 is 0. The zero-order valence-corrected chi connectivity index (χ0v) is 12.7. The number of rotatable bonds is 5. The summed E-state index contributed by atoms with van der Waals surface area (Å²) in [5.41, 5.74) is 1.13. The topological polar surface area (TPSA) is 87.3 Å². The number of thiophene rings is 1. The van der Waals surface area contributed by atoms with Crippen LogP contribution in [0.4, 0.5) is 11.4 Å². The van der Waals surface area contributed by atoms with Crippen molar-refractivity contribution in [3.63, 3.8) is 0 Å². The van der Waals surface area contributed by atoms with Crippen molar-refractivity contribution in [1.82, 2.24) is 5.32 Å². The van der Waals surface area contributed by atoms with Gasteiger partial charge < -0.3 is 16.0 Å². The molecule has 0 saturated heterocycles. The number of benzene rings is 1. The van der Waals surface area contributed by atoms with Gasteiger partial charge in [-0.15, -0.1) is 11.3 Å². The summed E-state index contributed by atoms with van der Waals surface area (Å²) in [6.45, 7) is 1.28. The van der Waals surface area contributed by atoms with Crippen LogP contribution in [-0.2, 0) is 9.59 Å². The van der Waals surface area contributed by atoms with E-state index < -0.39 is 0 Å². The van der Waals surface area contributed by atoms with Gasteiger partial charge in [0.15, 0.2) is 0 Å². The van der Waals surface area contributed by atoms with Crippen molar-refractivity contribution in [2.75, 3.05) is 17.2 Å². The van der Waals surface area contributed by atoms with Crippen LogP contribution in [0.15, 0.2) is 41.8 Å². The Morgan fingerprint density at radius 1 is 1.05 bits per heavy atom. The Balaban J connectivity index is 1.86. The van der Waals surface area contributed by atoms with E-state index in [0.29, 0.717) is 16.3 Å². The van der Waals surface area contributed by atoms with Gasteiger partial charge in [0.05, 0.1) is 11.4 Å². The van der Waals surface area contributed by atoms with Crippen molar-refractivity contribution >= 4 is 40.4 Å². The second-order valence-corrected chi connectivity index (χ2v) is 5.42. The third kappa shape index (κ3) is 4.71. The number of carbonyl (C=O) groups excluding carboxylic acids is 3. The average Bonchev–Trinajstić information content (AvgIpc) is 2.98. The van der Waals surface area contributed by atoms with Crippen molar-refractivity contribution < 1.29 is 14.4 Å². The fourth-order valence-electron chi connectivity index (χ4n) is 1.74. The molecule has 0 aliphatic rings. The molecule has 1 aromatic heterocycles. The zero-order valence-electron chi connectivity index (χ0n) is 11.9. The molecule has 0 unspecified atom stereocenters. The van der Waals surface area contributed by atoms with Crippen LogP contribution < -0.4 is 16.0 Å². The molecule has 1 aromatic carbocycles. The van der Waals surface area contributed by atoms with Gasteiger partial charge >= 0.3 is 0 Å². The number of hydrogen-bond acceptors (Lipinski definition) is 4. The zero-order chi connectivity index (χ0) is 15.9. The molecule has 0 bridgehead atoms. The van der Waals surface area contributed by atoms with Crippen molar-refractivity contribution in [2.24, 2.45) is 0 Å². The fraction of sp³-hybridized carbons (Fsp3) is 0.133. The predicted octanol–water partition coefficient (Wildman–Crippen LogP) is 2.07. The van der Waals surface area contributed by atoms with Gasteiger partial charge in [-0.2, -0.15) is 0 Å². The molecule has 3 amide bonds. The molecule has 3 N–H and O–H groups in total. The maximum absolute atomic E-state index is 11.8. The van der Waals surface area contributed by atoms with Gasteiger partial charge in [0, 0.05) is 18.3 Å². The van der Waals surface area contributed by atoms with E-state index >= 15 is 0 Å². The monoisotopic (exact) mass is 317 g/mol. The highest BCUT2D eigenvalue weighted by atomic mass is 32.1. The van der Waals surface area contributed by atoms with Gasteiger partial charge in [-0.05, 0) is 29.6 Å². The number of carbonyl (C=O) groups is 3. The fourth-order valence-corrected chi connectivity index (χ4v) is 2.38. The molecule has 0 aliphatic heterocycles. The van der Waals surface area contributed by atoms with Gasteiger partial charge in [-0.25, -0.2) is 0 Å². The van der Waals surface area contributed by atoms with E-state index in [1.165, 1.54) is 18.3 Å². The average molecular weight is 317 g/mol. The Morgan fingerprint density at radius 3 is 2.41 bits per heavy atom. The van der Waals surface area contributed by atoms with Crippen LogP contribution in [0.25, 0.3) is 0 Å². The number of hydrogen-bond donors (Lipinski definition) is 3. The van der Waals surface area contributed by atoms with E-state index in [4.69, 9.17) is 0 Å². The minimum Gasteiger partial charge on any atom is -0.342 e. The first kappa shape index (κ1) is 15.7. The SMILES string of the molecule is CC(=O)Nc1cccc(NC(=O)CNC(=O)c2cccs2)c1. The summed E-state index contributed by atoms with van der Waals surface area (Å²) in [4.78, 5) is 35.1. The molecule has 0 atom stereocenters. The Kier molecular flexibility index (Phi) is 5.26. The van der Waals surface area contributed by atoms with E-state index in [2.05, 4.69) is 16.0 Å². The first-order valence-corrected chi connectivity index (χ1v) is 7.42. The van der Waals surface area contributed by atoms with E-state index in [1.807, 2.05) is 0 Å². The van der Waals surface area contributed by atoms with Crippen molar-refractivity contribution in [3.8, 4) is 0 Å². The molecule has 0 aliphatic carbocycles. The molecular weight excluding hydrogens is 302 g/mol. The Morgan fingerprint density at radius 2 is 1.77 bits per heavy atom. The Bertz CT molecular complexity index is 683. The van der Waals surface area contributed by atoms with Crippen molar-refractivity contribution in [1.29, 1.82) is 0 Å². The maximum atomic E-state index is 11.8. The van der Waals surface area contributed by atoms with E-state index in [9.17, 15) is 14.4 Å². The molecule has 2 aromatic rings. The molecule has 6 nitrogen and oxygen atoms in total. The third-order valence-corrected chi connectivity index (χ3v) is 3.49. The van der Waals surface area contributed by atoms with Crippen LogP contribution in [0.3, 0.4) is 0 Å². The van der Waals surface area contributed by atoms with Crippen LogP contribution in [0, 0.1) is 0 Å². The van der Waals surface area contributed by atoms with Gasteiger partial charge in [-0.1, -0.05) is 12.1 Å². The number of amides is 3. The summed E-state index contributed by atoms with van der Waals surface area (Å²) in [6.07, 6.45) is 0. The molecule has 22 heavy (non-hydrogen) atoms. The third-order valence-electron chi connectivity index (χ3n) is 2.62. The first-order chi connectivity index (χ1) is 10.5. The molecule has 0 radical (unpaired) electrons. The molecular formula is C15H15N3O3S. The van der Waals surface area contributed by atoms with Crippen LogP contribution in [0.1, 0.15) is 16.6 Å². The van der Waals surface area contributed by atoms with E-state index in [1.54, 1.807) is 41.8 Å². The largest absolute Gasteiger partial charge is 0.342 e. The second-order valence-electron chi connectivity index (χ2n) is 4.47. The molecule has 1 heterocycles. The lowest BCUT2D eigenvalue weighted by atomic mass is 10.2. The summed E-state index contributed by atoms with van der Waals surface area (Å²) in [6, 6.07) is 10.2. The minimum atomic E-state index is -0.343. The number of anilines is 2. The van der Waals surface area contributed by atoms with Crippen molar-refractivity contribution in [3.05, 3.63) is 46.7 Å². The molecule has 2 rings (SSSR count). The van der Waals surface area contributed by atoms with Crippen LogP contribution >= 0.6 is 11.3 Å². The maximum Gasteiger partial charge on any atom is 0.261 e. The van der Waals surface area contributed by atoms with Crippen LogP contribution in [0.2, 0.25) is 0 Å². The molecule has 0 saturated carbocycles. The highest BCUT2D eigenvalue weighted by Crippen LogP contribution is 2.14. The van der Waals surface area contributed by atoms with Gasteiger partial charge in [0.1, 0.15) is 0 Å². The lowest BCUT2D eigenvalue weighted by molar-refractivity contribution is -0.115. The van der Waals surface area contributed by atoms with Gasteiger partial charge in [0.25, 0.3) is 5.91 Å². The quantitative estimate of drug-likeness (QED) is 0.789. The van der Waals surface area contributed by atoms with Crippen LogP contribution in [0.5, 0.6) is 0 Å². The standard InChI is InChI=1S/C15H15N3O3S/c1-10(19)17-11-4-2-5-12(8-11)18-14(20)9-16-15(21)13-6-3-7-22-13/h2-8H,9H2,1H3,(H,16,21)(H,17,19)(H,18,20). The van der Waals surface area contributed by atoms with E-state index in [0.717, 1.165) is 0 Å². The van der Waals surface area contributed by atoms with Gasteiger partial charge in [0.2, 0.25) is 11.8 Å². The van der Waals surface area contributed by atoms with Crippen LogP contribution in [-0.4, -0.2) is 24.3 Å². The lowest BCUT2D eigenvalue weighted by Crippen LogP contribution is -2.32. The van der Waals surface area contributed by atoms with Crippen molar-refractivity contribution in [2.45, 2.75) is 6.92 Å². The first-order valence-electron chi connectivity index (χ1n) is 6.54. The molecule has 0 spiro atoms. The second kappa shape index (κ2) is 7.37. The number of nitrogens with one attached hydrogen (secondary N) is 3. The Hall–Kier alpha value is -2.67. The van der Waals surface area contributed by atoms with Gasteiger partial charge in [-0.3, -0.25) is 14.4 Å². The lowest BCUT2D eigenvalue weighted by Gasteiger charge is -2.08. The summed E-state index contributed by atoms with van der Waals surface area (Å²) in [5.74, 6) is -0.811. The summed E-state index contributed by atoms with van der Waals surface area (Å²) >= 11 is 1.31. The highest BCUT2D eigenvalue weighted by molar-refractivity contribution is 7.12. The normalized spacial score (nSPS) is 9.86. The smallest absolute Gasteiger partial charge is 0.261 e. The molecule has 114 valence electrons.